The summed E-state index contributed by atoms with van der Waals surface area (Å²) >= 11 is 0. The largest absolute Gasteiger partial charge is 0.336 e. The number of nitrogens with one attached hydrogen (secondary N) is 1. The van der Waals surface area contributed by atoms with E-state index < -0.39 is 16.7 Å². The number of nitrogens with zero attached hydrogens (tertiary/aromatic N) is 2. The average molecular weight is 220 g/mol. The maximum atomic E-state index is 11.0. The van der Waals surface area contributed by atoms with Crippen LogP contribution in [0.1, 0.15) is 5.56 Å². The maximum absolute atomic E-state index is 11.0. The first kappa shape index (κ1) is 10.1. The smallest absolute Gasteiger partial charge is 0.316 e. The summed E-state index contributed by atoms with van der Waals surface area (Å²) < 4.78 is 0. The molecular formula is C9H6N3O4. The summed E-state index contributed by atoms with van der Waals surface area (Å²) in [5, 5.41) is 16.4. The van der Waals surface area contributed by atoms with Crippen LogP contribution in [0.4, 0.5) is 17.1 Å². The third-order valence-electron chi connectivity index (χ3n) is 2.09. The van der Waals surface area contributed by atoms with Crippen LogP contribution >= 0.6 is 0 Å². The highest BCUT2D eigenvalue weighted by Crippen LogP contribution is 2.35. The highest BCUT2D eigenvalue weighted by Gasteiger charge is 2.31. The third-order valence-corrected chi connectivity index (χ3v) is 2.09. The molecule has 7 heteroatoms. The number of nitro benzene ring substituents is 1. The summed E-state index contributed by atoms with van der Waals surface area (Å²) in [7, 11) is 0. The number of amides is 2. The summed E-state index contributed by atoms with van der Waals surface area (Å²) in [6.07, 6.45) is 0. The van der Waals surface area contributed by atoms with Crippen molar-refractivity contribution >= 4 is 28.9 Å². The predicted octanol–water partition coefficient (Wildman–Crippen LogP) is 0.618. The van der Waals surface area contributed by atoms with Crippen LogP contribution in [0.25, 0.3) is 0 Å². The van der Waals surface area contributed by atoms with E-state index in [4.69, 9.17) is 0 Å². The molecule has 16 heavy (non-hydrogen) atoms. The Morgan fingerprint density at radius 3 is 2.69 bits per heavy atom. The van der Waals surface area contributed by atoms with E-state index in [1.807, 2.05) is 0 Å². The Kier molecular flexibility index (Phi) is 2.08. The molecule has 0 saturated heterocycles. The molecule has 7 nitrogen and oxygen atoms in total. The first-order valence-electron chi connectivity index (χ1n) is 4.35. The molecule has 0 unspecified atom stereocenters. The fourth-order valence-electron chi connectivity index (χ4n) is 1.44. The van der Waals surface area contributed by atoms with Gasteiger partial charge in [0.25, 0.3) is 5.69 Å². The van der Waals surface area contributed by atoms with Crippen LogP contribution < -0.4 is 10.6 Å². The van der Waals surface area contributed by atoms with Crippen molar-refractivity contribution in [3.63, 3.8) is 0 Å². The molecule has 0 spiro atoms. The zero-order chi connectivity index (χ0) is 11.9. The number of anilines is 1. The number of benzene rings is 1. The molecule has 1 aliphatic heterocycles. The summed E-state index contributed by atoms with van der Waals surface area (Å²) in [5.74, 6) is -1.91. The molecule has 0 aromatic heterocycles. The van der Waals surface area contributed by atoms with Gasteiger partial charge in [-0.25, -0.2) is 0 Å². The minimum atomic E-state index is -1.03. The first-order valence-corrected chi connectivity index (χ1v) is 4.35. The fourth-order valence-corrected chi connectivity index (χ4v) is 1.44. The number of carbonyl (C=O) groups excluding carboxylic acids is 2. The Balaban J connectivity index is 2.63. The number of hydrogen-bond donors (Lipinski definition) is 1. The minimum absolute atomic E-state index is 0.0970. The average Bonchev–Trinajstić information content (AvgIpc) is 2.19. The molecule has 1 N–H and O–H groups in total. The number of nitro groups is 1. The van der Waals surface area contributed by atoms with Crippen molar-refractivity contribution in [3.05, 3.63) is 27.8 Å². The van der Waals surface area contributed by atoms with Crippen molar-refractivity contribution < 1.29 is 14.5 Å². The molecule has 0 bridgehead atoms. The van der Waals surface area contributed by atoms with Crippen LogP contribution in [0.5, 0.6) is 0 Å². The van der Waals surface area contributed by atoms with Crippen molar-refractivity contribution in [3.8, 4) is 0 Å². The molecule has 0 saturated carbocycles. The van der Waals surface area contributed by atoms with E-state index in [0.717, 1.165) is 0 Å². The van der Waals surface area contributed by atoms with Crippen molar-refractivity contribution in [2.75, 3.05) is 5.32 Å². The fraction of sp³-hybridized carbons (Fsp3) is 0.111. The van der Waals surface area contributed by atoms with Gasteiger partial charge >= 0.3 is 11.8 Å². The Labute approximate surface area is 89.6 Å². The molecular weight excluding hydrogens is 214 g/mol. The van der Waals surface area contributed by atoms with Gasteiger partial charge in [0.05, 0.1) is 10.6 Å². The van der Waals surface area contributed by atoms with Gasteiger partial charge in [-0.1, -0.05) is 0 Å². The Hall–Kier alpha value is -2.44. The summed E-state index contributed by atoms with van der Waals surface area (Å²) in [6, 6.07) is 2.82. The standard InChI is InChI=1S/C9H6N3O4/c1-4-2-5-7(6(3-4)12(15)16)11-9(14)8(13)10-5/h2-3H,1H3,(H,10,13). The lowest BCUT2D eigenvalue weighted by Gasteiger charge is -2.15. The molecule has 0 aliphatic carbocycles. The number of hydrogen-bond acceptors (Lipinski definition) is 4. The predicted molar refractivity (Wildman–Crippen MR) is 53.3 cm³/mol. The lowest BCUT2D eigenvalue weighted by Crippen LogP contribution is -2.33. The first-order chi connectivity index (χ1) is 7.49. The molecule has 0 fully saturated rings. The highest BCUT2D eigenvalue weighted by molar-refractivity contribution is 6.42. The van der Waals surface area contributed by atoms with Crippen molar-refractivity contribution in [2.45, 2.75) is 6.92 Å². The van der Waals surface area contributed by atoms with Crippen LogP contribution in [0, 0.1) is 17.0 Å². The molecule has 1 radical (unpaired) electrons. The SMILES string of the molecule is Cc1cc2c(c([N+](=O)[O-])c1)[N]C(=O)C(=O)N2. The van der Waals surface area contributed by atoms with Crippen LogP contribution in [0.3, 0.4) is 0 Å². The van der Waals surface area contributed by atoms with Gasteiger partial charge in [0.2, 0.25) is 0 Å². The molecule has 1 aliphatic rings. The van der Waals surface area contributed by atoms with E-state index in [0.29, 0.717) is 5.56 Å². The van der Waals surface area contributed by atoms with Crippen molar-refractivity contribution in [2.24, 2.45) is 0 Å². The monoisotopic (exact) mass is 220 g/mol. The minimum Gasteiger partial charge on any atom is -0.316 e. The molecule has 1 aromatic carbocycles. The second-order valence-corrected chi connectivity index (χ2v) is 3.31. The van der Waals surface area contributed by atoms with Gasteiger partial charge in [-0.2, -0.15) is 5.32 Å². The van der Waals surface area contributed by atoms with Gasteiger partial charge in [0.1, 0.15) is 0 Å². The topological polar surface area (TPSA) is 103 Å². The molecule has 2 rings (SSSR count). The lowest BCUT2D eigenvalue weighted by molar-refractivity contribution is -0.384. The number of carbonyl (C=O) groups is 2. The van der Waals surface area contributed by atoms with Crippen LogP contribution in [0.15, 0.2) is 12.1 Å². The van der Waals surface area contributed by atoms with Gasteiger partial charge in [-0.3, -0.25) is 19.7 Å². The summed E-state index contributed by atoms with van der Waals surface area (Å²) in [4.78, 5) is 32.1. The summed E-state index contributed by atoms with van der Waals surface area (Å²) in [5.41, 5.74) is 0.412. The Morgan fingerprint density at radius 2 is 2.06 bits per heavy atom. The van der Waals surface area contributed by atoms with Crippen LogP contribution in [-0.2, 0) is 9.59 Å². The highest BCUT2D eigenvalue weighted by atomic mass is 16.6. The normalized spacial score (nSPS) is 13.8. The van der Waals surface area contributed by atoms with Gasteiger partial charge in [-0.15, -0.1) is 0 Å². The second kappa shape index (κ2) is 3.30. The molecule has 2 amide bonds. The Bertz CT molecular complexity index is 524. The van der Waals surface area contributed by atoms with Gasteiger partial charge in [0, 0.05) is 6.07 Å². The quantitative estimate of drug-likeness (QED) is 0.425. The maximum Gasteiger partial charge on any atom is 0.336 e. The third kappa shape index (κ3) is 1.48. The van der Waals surface area contributed by atoms with E-state index in [1.54, 1.807) is 6.92 Å². The summed E-state index contributed by atoms with van der Waals surface area (Å²) in [6.45, 7) is 1.65. The van der Waals surface area contributed by atoms with Crippen LogP contribution in [-0.4, -0.2) is 16.7 Å². The van der Waals surface area contributed by atoms with Gasteiger partial charge in [-0.05, 0) is 18.6 Å². The van der Waals surface area contributed by atoms with E-state index in [-0.39, 0.29) is 17.1 Å². The van der Waals surface area contributed by atoms with Crippen LogP contribution in [0.2, 0.25) is 0 Å². The molecule has 0 atom stereocenters. The van der Waals surface area contributed by atoms with E-state index in [9.17, 15) is 19.7 Å². The zero-order valence-electron chi connectivity index (χ0n) is 8.18. The molecule has 1 aromatic rings. The van der Waals surface area contributed by atoms with Gasteiger partial charge in [0.15, 0.2) is 5.69 Å². The van der Waals surface area contributed by atoms with E-state index >= 15 is 0 Å². The number of rotatable bonds is 1. The van der Waals surface area contributed by atoms with E-state index in [1.165, 1.54) is 12.1 Å². The lowest BCUT2D eigenvalue weighted by atomic mass is 10.1. The van der Waals surface area contributed by atoms with Gasteiger partial charge < -0.3 is 5.32 Å². The van der Waals surface area contributed by atoms with Crippen molar-refractivity contribution in [1.29, 1.82) is 0 Å². The van der Waals surface area contributed by atoms with Crippen molar-refractivity contribution in [1.82, 2.24) is 5.32 Å². The number of aryl methyl sites for hydroxylation is 1. The Morgan fingerprint density at radius 1 is 1.38 bits per heavy atom. The second-order valence-electron chi connectivity index (χ2n) is 3.31. The zero-order valence-corrected chi connectivity index (χ0v) is 8.18. The number of fused-ring (bicyclic) bond motifs is 1. The van der Waals surface area contributed by atoms with E-state index in [2.05, 4.69) is 10.6 Å². The molecule has 1 heterocycles. The molecule has 81 valence electrons.